The van der Waals surface area contributed by atoms with Gasteiger partial charge in [0.2, 0.25) is 6.04 Å². The third kappa shape index (κ3) is 2.29. The molecule has 0 saturated heterocycles. The average Bonchev–Trinajstić information content (AvgIpc) is 2.19. The smallest absolute Gasteiger partial charge is 0.242 e. The molecule has 0 fully saturated rings. The van der Waals surface area contributed by atoms with E-state index in [0.717, 1.165) is 0 Å². The second-order valence-electron chi connectivity index (χ2n) is 3.12. The van der Waals surface area contributed by atoms with Crippen molar-refractivity contribution in [2.75, 3.05) is 0 Å². The second-order valence-corrected chi connectivity index (χ2v) is 3.12. The highest BCUT2D eigenvalue weighted by Crippen LogP contribution is 2.20. The first kappa shape index (κ1) is 10.7. The Hall–Kier alpha value is -1.42. The SMILES string of the molecule is CCC([C@@H](O)c1ccccc1)[N+](=O)[O-]. The van der Waals surface area contributed by atoms with Crippen molar-refractivity contribution in [1.82, 2.24) is 0 Å². The zero-order valence-electron chi connectivity index (χ0n) is 7.96. The molecule has 2 atom stereocenters. The molecule has 0 aliphatic heterocycles. The van der Waals surface area contributed by atoms with Gasteiger partial charge in [-0.15, -0.1) is 0 Å². The van der Waals surface area contributed by atoms with Crippen molar-refractivity contribution >= 4 is 0 Å². The summed E-state index contributed by atoms with van der Waals surface area (Å²) in [5, 5.41) is 20.3. The Balaban J connectivity index is 2.83. The first-order valence-corrected chi connectivity index (χ1v) is 4.53. The predicted molar refractivity (Wildman–Crippen MR) is 52.5 cm³/mol. The Bertz CT molecular complexity index is 299. The van der Waals surface area contributed by atoms with Gasteiger partial charge in [-0.25, -0.2) is 0 Å². The Morgan fingerprint density at radius 1 is 1.43 bits per heavy atom. The number of benzene rings is 1. The summed E-state index contributed by atoms with van der Waals surface area (Å²) >= 11 is 0. The quantitative estimate of drug-likeness (QED) is 0.588. The third-order valence-electron chi connectivity index (χ3n) is 2.19. The molecule has 0 saturated carbocycles. The zero-order valence-corrected chi connectivity index (χ0v) is 7.96. The standard InChI is InChI=1S/C10H13NO3/c1-2-9(11(13)14)10(12)8-6-4-3-5-7-8/h3-7,9-10,12H,2H2,1H3/t9?,10-/m0/s1. The summed E-state index contributed by atoms with van der Waals surface area (Å²) in [7, 11) is 0. The molecule has 0 aliphatic carbocycles. The van der Waals surface area contributed by atoms with Gasteiger partial charge in [-0.3, -0.25) is 10.1 Å². The van der Waals surface area contributed by atoms with E-state index in [0.29, 0.717) is 12.0 Å². The fourth-order valence-electron chi connectivity index (χ4n) is 1.36. The van der Waals surface area contributed by atoms with Crippen molar-refractivity contribution < 1.29 is 10.0 Å². The minimum atomic E-state index is -1.02. The van der Waals surface area contributed by atoms with Crippen molar-refractivity contribution in [3.8, 4) is 0 Å². The number of aliphatic hydroxyl groups is 1. The number of hydrogen-bond donors (Lipinski definition) is 1. The normalized spacial score (nSPS) is 14.7. The number of rotatable bonds is 4. The highest BCUT2D eigenvalue weighted by atomic mass is 16.6. The molecule has 14 heavy (non-hydrogen) atoms. The van der Waals surface area contributed by atoms with Gasteiger partial charge in [-0.05, 0) is 5.56 Å². The molecular formula is C10H13NO3. The molecule has 0 heterocycles. The van der Waals surface area contributed by atoms with Crippen LogP contribution in [0.3, 0.4) is 0 Å². The summed E-state index contributed by atoms with van der Waals surface area (Å²) in [6, 6.07) is 7.78. The largest absolute Gasteiger partial charge is 0.381 e. The maximum absolute atomic E-state index is 10.6. The van der Waals surface area contributed by atoms with E-state index < -0.39 is 17.1 Å². The lowest BCUT2D eigenvalue weighted by atomic mass is 10.0. The molecule has 1 aromatic carbocycles. The van der Waals surface area contributed by atoms with Gasteiger partial charge in [0.1, 0.15) is 6.10 Å². The van der Waals surface area contributed by atoms with Gasteiger partial charge in [-0.1, -0.05) is 37.3 Å². The van der Waals surface area contributed by atoms with Crippen LogP contribution in [0.4, 0.5) is 0 Å². The molecule has 76 valence electrons. The molecule has 0 spiro atoms. The maximum Gasteiger partial charge on any atom is 0.242 e. The van der Waals surface area contributed by atoms with Gasteiger partial charge in [-0.2, -0.15) is 0 Å². The van der Waals surface area contributed by atoms with Gasteiger partial charge >= 0.3 is 0 Å². The van der Waals surface area contributed by atoms with Crippen LogP contribution in [0.2, 0.25) is 0 Å². The van der Waals surface area contributed by atoms with Gasteiger partial charge in [0.25, 0.3) is 0 Å². The van der Waals surface area contributed by atoms with E-state index in [9.17, 15) is 15.2 Å². The molecule has 1 rings (SSSR count). The molecule has 0 bridgehead atoms. The number of aliphatic hydroxyl groups excluding tert-OH is 1. The summed E-state index contributed by atoms with van der Waals surface area (Å²) in [4.78, 5) is 10.2. The monoisotopic (exact) mass is 195 g/mol. The summed E-state index contributed by atoms with van der Waals surface area (Å²) in [6.45, 7) is 1.69. The van der Waals surface area contributed by atoms with Gasteiger partial charge < -0.3 is 5.11 Å². The van der Waals surface area contributed by atoms with Crippen molar-refractivity contribution in [2.24, 2.45) is 0 Å². The molecule has 0 amide bonds. The van der Waals surface area contributed by atoms with Crippen molar-refractivity contribution in [1.29, 1.82) is 0 Å². The van der Waals surface area contributed by atoms with Crippen LogP contribution in [-0.4, -0.2) is 16.1 Å². The molecule has 0 radical (unpaired) electrons. The van der Waals surface area contributed by atoms with Crippen LogP contribution in [-0.2, 0) is 0 Å². The van der Waals surface area contributed by atoms with Gasteiger partial charge in [0.15, 0.2) is 0 Å². The summed E-state index contributed by atoms with van der Waals surface area (Å²) in [6.07, 6.45) is -0.695. The molecule has 1 unspecified atom stereocenters. The molecule has 4 nitrogen and oxygen atoms in total. The van der Waals surface area contributed by atoms with Crippen LogP contribution < -0.4 is 0 Å². The third-order valence-corrected chi connectivity index (χ3v) is 2.19. The lowest BCUT2D eigenvalue weighted by Crippen LogP contribution is -2.26. The lowest BCUT2D eigenvalue weighted by Gasteiger charge is -2.14. The first-order chi connectivity index (χ1) is 6.66. The van der Waals surface area contributed by atoms with E-state index in [4.69, 9.17) is 0 Å². The molecular weight excluding hydrogens is 182 g/mol. The van der Waals surface area contributed by atoms with E-state index in [-0.39, 0.29) is 0 Å². The number of nitro groups is 1. The summed E-state index contributed by atoms with van der Waals surface area (Å²) in [5.74, 6) is 0. The van der Waals surface area contributed by atoms with Crippen LogP contribution in [0.15, 0.2) is 30.3 Å². The van der Waals surface area contributed by atoms with Crippen LogP contribution >= 0.6 is 0 Å². The van der Waals surface area contributed by atoms with Gasteiger partial charge in [0.05, 0.1) is 0 Å². The number of hydrogen-bond acceptors (Lipinski definition) is 3. The van der Waals surface area contributed by atoms with E-state index >= 15 is 0 Å². The molecule has 0 aliphatic rings. The lowest BCUT2D eigenvalue weighted by molar-refractivity contribution is -0.536. The Morgan fingerprint density at radius 2 is 2.00 bits per heavy atom. The van der Waals surface area contributed by atoms with Crippen molar-refractivity contribution in [3.63, 3.8) is 0 Å². The van der Waals surface area contributed by atoms with E-state index in [1.165, 1.54) is 0 Å². The predicted octanol–water partition coefficient (Wildman–Crippen LogP) is 1.78. The summed E-state index contributed by atoms with van der Waals surface area (Å²) < 4.78 is 0. The minimum absolute atomic E-state index is 0.322. The Labute approximate surface area is 82.3 Å². The Kier molecular flexibility index (Phi) is 3.59. The van der Waals surface area contributed by atoms with Crippen molar-refractivity contribution in [2.45, 2.75) is 25.5 Å². The highest BCUT2D eigenvalue weighted by molar-refractivity contribution is 5.18. The average molecular weight is 195 g/mol. The molecule has 4 heteroatoms. The van der Waals surface area contributed by atoms with E-state index in [1.807, 2.05) is 6.07 Å². The molecule has 1 N–H and O–H groups in total. The first-order valence-electron chi connectivity index (χ1n) is 4.53. The molecule has 0 aromatic heterocycles. The van der Waals surface area contributed by atoms with Crippen molar-refractivity contribution in [3.05, 3.63) is 46.0 Å². The van der Waals surface area contributed by atoms with Crippen LogP contribution in [0.5, 0.6) is 0 Å². The van der Waals surface area contributed by atoms with Crippen LogP contribution in [0.25, 0.3) is 0 Å². The zero-order chi connectivity index (χ0) is 10.6. The summed E-state index contributed by atoms with van der Waals surface area (Å²) in [5.41, 5.74) is 0.594. The fraction of sp³-hybridized carbons (Fsp3) is 0.400. The topological polar surface area (TPSA) is 63.4 Å². The highest BCUT2D eigenvalue weighted by Gasteiger charge is 2.28. The van der Waals surface area contributed by atoms with Crippen LogP contribution in [0.1, 0.15) is 25.0 Å². The minimum Gasteiger partial charge on any atom is -0.381 e. The Morgan fingerprint density at radius 3 is 2.43 bits per heavy atom. The molecule has 1 aromatic rings. The van der Waals surface area contributed by atoms with E-state index in [2.05, 4.69) is 0 Å². The van der Waals surface area contributed by atoms with Crippen LogP contribution in [0, 0.1) is 10.1 Å². The second kappa shape index (κ2) is 4.72. The fourth-order valence-corrected chi connectivity index (χ4v) is 1.36. The maximum atomic E-state index is 10.6. The van der Waals surface area contributed by atoms with Gasteiger partial charge in [0, 0.05) is 11.3 Å². The van der Waals surface area contributed by atoms with E-state index in [1.54, 1.807) is 31.2 Å². The number of nitrogens with zero attached hydrogens (tertiary/aromatic N) is 1.